The minimum Gasteiger partial charge on any atom is -0.357 e. The van der Waals surface area contributed by atoms with Gasteiger partial charge in [-0.1, -0.05) is 59.6 Å². The molecule has 1 N–H and O–H groups in total. The molecule has 0 bridgehead atoms. The van der Waals surface area contributed by atoms with Crippen LogP contribution in [0.3, 0.4) is 0 Å². The van der Waals surface area contributed by atoms with Gasteiger partial charge in [-0.05, 0) is 55.8 Å². The third-order valence-corrected chi connectivity index (χ3v) is 7.65. The summed E-state index contributed by atoms with van der Waals surface area (Å²) in [5, 5.41) is 3.00. The Hall–Kier alpha value is -3.36. The molecule has 0 spiro atoms. The minimum absolute atomic E-state index is 0.0554. The summed E-state index contributed by atoms with van der Waals surface area (Å²) in [6.45, 7) is 3.12. The maximum atomic E-state index is 13.6. The highest BCUT2D eigenvalue weighted by atomic mass is 35.5. The molecule has 0 radical (unpaired) electrons. The van der Waals surface area contributed by atoms with Gasteiger partial charge in [0.1, 0.15) is 12.6 Å². The van der Waals surface area contributed by atoms with Crippen LogP contribution >= 0.6 is 11.6 Å². The molecule has 0 fully saturated rings. The van der Waals surface area contributed by atoms with E-state index in [2.05, 4.69) is 5.32 Å². The predicted octanol–water partition coefficient (Wildman–Crippen LogP) is 4.01. The molecule has 0 unspecified atom stereocenters. The second-order valence-electron chi connectivity index (χ2n) is 8.10. The Balaban J connectivity index is 2.01. The summed E-state index contributed by atoms with van der Waals surface area (Å²) >= 11 is 6.02. The number of likely N-dealkylation sites (N-methyl/N-ethyl adjacent to an activating group) is 1. The molecule has 3 rings (SSSR count). The molecule has 2 amide bonds. The molecule has 3 aromatic rings. The van der Waals surface area contributed by atoms with Crippen molar-refractivity contribution < 1.29 is 18.0 Å². The van der Waals surface area contributed by atoms with Crippen LogP contribution in [0.15, 0.2) is 83.8 Å². The summed E-state index contributed by atoms with van der Waals surface area (Å²) in [6, 6.07) is 21.0. The van der Waals surface area contributed by atoms with E-state index in [9.17, 15) is 18.0 Å². The topological polar surface area (TPSA) is 86.8 Å². The molecule has 0 aliphatic heterocycles. The number of sulfonamides is 1. The van der Waals surface area contributed by atoms with Crippen LogP contribution in [0.1, 0.15) is 18.1 Å². The molecule has 7 nitrogen and oxygen atoms in total. The van der Waals surface area contributed by atoms with Gasteiger partial charge in [-0.15, -0.1) is 0 Å². The van der Waals surface area contributed by atoms with Crippen LogP contribution in [-0.4, -0.2) is 44.8 Å². The van der Waals surface area contributed by atoms with Gasteiger partial charge >= 0.3 is 0 Å². The first kappa shape index (κ1) is 26.2. The lowest BCUT2D eigenvalue weighted by molar-refractivity contribution is -0.139. The zero-order chi connectivity index (χ0) is 25.6. The van der Waals surface area contributed by atoms with Crippen molar-refractivity contribution in [3.8, 4) is 0 Å². The fourth-order valence-electron chi connectivity index (χ4n) is 3.55. The summed E-state index contributed by atoms with van der Waals surface area (Å²) in [5.41, 5.74) is 2.01. The molecule has 0 aromatic heterocycles. The quantitative estimate of drug-likeness (QED) is 0.468. The Bertz CT molecular complexity index is 1260. The van der Waals surface area contributed by atoms with Crippen molar-refractivity contribution in [1.29, 1.82) is 0 Å². The number of hydrogen-bond acceptors (Lipinski definition) is 4. The predicted molar refractivity (Wildman–Crippen MR) is 138 cm³/mol. The van der Waals surface area contributed by atoms with Crippen LogP contribution in [0.25, 0.3) is 0 Å². The standard InChI is InChI=1S/C26H28ClN3O4S/c1-19-9-15-24(16-10-19)35(33,34)30(23-13-11-22(27)12-14-23)18-25(31)29(20(2)26(32)28-3)17-21-7-5-4-6-8-21/h4-16,20H,17-18H2,1-3H3,(H,28,32)/t20-/m1/s1. The molecule has 0 saturated heterocycles. The maximum Gasteiger partial charge on any atom is 0.264 e. The van der Waals surface area contributed by atoms with E-state index < -0.39 is 28.5 Å². The highest BCUT2D eigenvalue weighted by Crippen LogP contribution is 2.26. The Morgan fingerprint density at radius 1 is 0.943 bits per heavy atom. The molecule has 0 aliphatic rings. The van der Waals surface area contributed by atoms with Crippen molar-refractivity contribution in [2.75, 3.05) is 17.9 Å². The van der Waals surface area contributed by atoms with E-state index in [4.69, 9.17) is 11.6 Å². The van der Waals surface area contributed by atoms with E-state index >= 15 is 0 Å². The van der Waals surface area contributed by atoms with E-state index in [0.717, 1.165) is 15.4 Å². The van der Waals surface area contributed by atoms with Crippen LogP contribution in [0.5, 0.6) is 0 Å². The second kappa shape index (κ2) is 11.4. The maximum absolute atomic E-state index is 13.6. The summed E-state index contributed by atoms with van der Waals surface area (Å²) in [4.78, 5) is 27.5. The van der Waals surface area contributed by atoms with Crippen molar-refractivity contribution in [1.82, 2.24) is 10.2 Å². The van der Waals surface area contributed by atoms with Crippen molar-refractivity contribution in [2.24, 2.45) is 0 Å². The van der Waals surface area contributed by atoms with Gasteiger partial charge in [0.25, 0.3) is 10.0 Å². The van der Waals surface area contributed by atoms with Gasteiger partial charge in [0.05, 0.1) is 10.6 Å². The lowest BCUT2D eigenvalue weighted by atomic mass is 10.1. The zero-order valence-electron chi connectivity index (χ0n) is 19.8. The number of halogens is 1. The lowest BCUT2D eigenvalue weighted by Crippen LogP contribution is -2.50. The number of amides is 2. The Morgan fingerprint density at radius 2 is 1.54 bits per heavy atom. The smallest absolute Gasteiger partial charge is 0.264 e. The monoisotopic (exact) mass is 513 g/mol. The number of nitrogens with one attached hydrogen (secondary N) is 1. The number of aryl methyl sites for hydroxylation is 1. The number of hydrogen-bond donors (Lipinski definition) is 1. The third kappa shape index (κ3) is 6.41. The van der Waals surface area contributed by atoms with E-state index in [-0.39, 0.29) is 23.0 Å². The minimum atomic E-state index is -4.09. The molecule has 0 heterocycles. The fourth-order valence-corrected chi connectivity index (χ4v) is 5.09. The van der Waals surface area contributed by atoms with Crippen molar-refractivity contribution in [2.45, 2.75) is 31.3 Å². The van der Waals surface area contributed by atoms with E-state index in [1.54, 1.807) is 43.3 Å². The van der Waals surface area contributed by atoms with Crippen LogP contribution in [-0.2, 0) is 26.2 Å². The second-order valence-corrected chi connectivity index (χ2v) is 10.4. The van der Waals surface area contributed by atoms with Crippen molar-refractivity contribution >= 4 is 39.1 Å². The number of nitrogens with zero attached hydrogens (tertiary/aromatic N) is 2. The first-order valence-electron chi connectivity index (χ1n) is 11.0. The molecular weight excluding hydrogens is 486 g/mol. The summed E-state index contributed by atoms with van der Waals surface area (Å²) < 4.78 is 28.3. The zero-order valence-corrected chi connectivity index (χ0v) is 21.4. The molecule has 1 atom stereocenters. The SMILES string of the molecule is CNC(=O)[C@@H](C)N(Cc1ccccc1)C(=O)CN(c1ccc(Cl)cc1)S(=O)(=O)c1ccc(C)cc1. The van der Waals surface area contributed by atoms with Gasteiger partial charge in [0, 0.05) is 18.6 Å². The molecule has 0 saturated carbocycles. The van der Waals surface area contributed by atoms with Crippen LogP contribution < -0.4 is 9.62 Å². The Kier molecular flexibility index (Phi) is 8.53. The lowest BCUT2D eigenvalue weighted by Gasteiger charge is -2.31. The highest BCUT2D eigenvalue weighted by molar-refractivity contribution is 7.92. The van der Waals surface area contributed by atoms with E-state index in [1.165, 1.54) is 24.1 Å². The van der Waals surface area contributed by atoms with Crippen molar-refractivity contribution in [3.05, 3.63) is 95.0 Å². The molecule has 35 heavy (non-hydrogen) atoms. The van der Waals surface area contributed by atoms with Gasteiger partial charge in [-0.3, -0.25) is 13.9 Å². The molecular formula is C26H28ClN3O4S. The Labute approximate surface area is 211 Å². The number of rotatable bonds is 9. The summed E-state index contributed by atoms with van der Waals surface area (Å²) in [5.74, 6) is -0.871. The normalized spacial score (nSPS) is 12.0. The summed E-state index contributed by atoms with van der Waals surface area (Å²) in [6.07, 6.45) is 0. The number of benzene rings is 3. The molecule has 3 aromatic carbocycles. The first-order valence-corrected chi connectivity index (χ1v) is 12.8. The summed E-state index contributed by atoms with van der Waals surface area (Å²) in [7, 11) is -2.60. The van der Waals surface area contributed by atoms with Crippen LogP contribution in [0, 0.1) is 6.92 Å². The first-order chi connectivity index (χ1) is 16.6. The highest BCUT2D eigenvalue weighted by Gasteiger charge is 2.32. The van der Waals surface area contributed by atoms with Gasteiger partial charge in [-0.2, -0.15) is 0 Å². The van der Waals surface area contributed by atoms with Gasteiger partial charge in [0.2, 0.25) is 11.8 Å². The average Bonchev–Trinajstić information content (AvgIpc) is 2.86. The Morgan fingerprint density at radius 3 is 2.11 bits per heavy atom. The molecule has 184 valence electrons. The fraction of sp³-hybridized carbons (Fsp3) is 0.231. The molecule has 0 aliphatic carbocycles. The van der Waals surface area contributed by atoms with Crippen LogP contribution in [0.4, 0.5) is 5.69 Å². The number of anilines is 1. The van der Waals surface area contributed by atoms with Crippen molar-refractivity contribution in [3.63, 3.8) is 0 Å². The third-order valence-electron chi connectivity index (χ3n) is 5.61. The molecule has 9 heteroatoms. The van der Waals surface area contributed by atoms with E-state index in [0.29, 0.717) is 5.02 Å². The van der Waals surface area contributed by atoms with Gasteiger partial charge in [-0.25, -0.2) is 8.42 Å². The average molecular weight is 514 g/mol. The number of carbonyl (C=O) groups excluding carboxylic acids is 2. The number of carbonyl (C=O) groups is 2. The van der Waals surface area contributed by atoms with Gasteiger partial charge in [0.15, 0.2) is 0 Å². The largest absolute Gasteiger partial charge is 0.357 e. The van der Waals surface area contributed by atoms with Gasteiger partial charge < -0.3 is 10.2 Å². The van der Waals surface area contributed by atoms with Crippen LogP contribution in [0.2, 0.25) is 5.02 Å². The van der Waals surface area contributed by atoms with E-state index in [1.807, 2.05) is 37.3 Å².